The van der Waals surface area contributed by atoms with Gasteiger partial charge in [-0.15, -0.1) is 0 Å². The van der Waals surface area contributed by atoms with E-state index in [4.69, 9.17) is 0 Å². The van der Waals surface area contributed by atoms with Gasteiger partial charge in [-0.25, -0.2) is 0 Å². The number of rotatable bonds is 9. The molecule has 0 spiro atoms. The third-order valence-electron chi connectivity index (χ3n) is 3.60. The molecule has 0 aromatic carbocycles. The van der Waals surface area contributed by atoms with Crippen molar-refractivity contribution in [1.82, 2.24) is 4.90 Å². The van der Waals surface area contributed by atoms with E-state index in [9.17, 15) is 0 Å². The van der Waals surface area contributed by atoms with E-state index in [0.29, 0.717) is 0 Å². The monoisotopic (exact) mass is 315 g/mol. The molecule has 0 atom stereocenters. The van der Waals surface area contributed by atoms with Crippen molar-refractivity contribution in [2.75, 3.05) is 13.1 Å². The first-order chi connectivity index (χ1) is 7.15. The van der Waals surface area contributed by atoms with Crippen LogP contribution in [0.1, 0.15) is 47.5 Å². The molecule has 0 fully saturated rings. The molecule has 0 radical (unpaired) electrons. The summed E-state index contributed by atoms with van der Waals surface area (Å²) in [6, 6.07) is 0.728. The van der Waals surface area contributed by atoms with Crippen LogP contribution in [0.3, 0.4) is 0 Å². The van der Waals surface area contributed by atoms with Gasteiger partial charge in [-0.1, -0.05) is 0 Å². The minimum absolute atomic E-state index is 0.728. The van der Waals surface area contributed by atoms with Crippen LogP contribution in [0.2, 0.25) is 12.5 Å². The van der Waals surface area contributed by atoms with Crippen LogP contribution < -0.4 is 0 Å². The van der Waals surface area contributed by atoms with Crippen molar-refractivity contribution < 1.29 is 0 Å². The van der Waals surface area contributed by atoms with Gasteiger partial charge in [-0.3, -0.25) is 0 Å². The van der Waals surface area contributed by atoms with E-state index in [1.54, 1.807) is 12.5 Å². The summed E-state index contributed by atoms with van der Waals surface area (Å²) < 4.78 is 4.78. The average Bonchev–Trinajstić information content (AvgIpc) is 2.23. The molecule has 15 heavy (non-hydrogen) atoms. The van der Waals surface area contributed by atoms with Crippen molar-refractivity contribution in [3.8, 4) is 0 Å². The molecule has 0 bridgehead atoms. The quantitative estimate of drug-likeness (QED) is 0.581. The molecule has 0 amide bonds. The normalized spacial score (nSPS) is 11.4. The Balaban J connectivity index is 3.51. The fourth-order valence-corrected chi connectivity index (χ4v) is 8.68. The predicted octanol–water partition coefficient (Wildman–Crippen LogP) is 4.03. The van der Waals surface area contributed by atoms with Crippen molar-refractivity contribution in [3.05, 3.63) is 0 Å². The van der Waals surface area contributed by atoms with E-state index in [1.807, 2.05) is 0 Å². The van der Waals surface area contributed by atoms with Crippen LogP contribution in [0.15, 0.2) is 0 Å². The zero-order valence-corrected chi connectivity index (χ0v) is 14.8. The third-order valence-corrected chi connectivity index (χ3v) is 13.7. The standard InChI is InChI=1S/C9H20N.2C2H5.In/c1-5-7-8-10(6-2)9(3)4;2*1-2;/h9H,1,5-8H2,2-4H3;2*1H2,2H3;. The molecule has 0 N–H and O–H groups in total. The van der Waals surface area contributed by atoms with Crippen molar-refractivity contribution in [2.45, 2.75) is 66.0 Å². The molecule has 0 saturated carbocycles. The molecular weight excluding hydrogens is 285 g/mol. The predicted molar refractivity (Wildman–Crippen MR) is 73.1 cm³/mol. The van der Waals surface area contributed by atoms with E-state index < -0.39 is 21.4 Å². The molecule has 0 aromatic heterocycles. The summed E-state index contributed by atoms with van der Waals surface area (Å²) >= 11 is -0.962. The molecule has 0 aromatic rings. The maximum atomic E-state index is 2.59. The Morgan fingerprint density at radius 1 is 1.00 bits per heavy atom. The van der Waals surface area contributed by atoms with Gasteiger partial charge in [0.15, 0.2) is 0 Å². The molecule has 90 valence electrons. The van der Waals surface area contributed by atoms with Crippen LogP contribution >= 0.6 is 0 Å². The molecule has 0 unspecified atom stereocenters. The SMILES string of the molecule is CCN(CCC[CH2][In]([CH2]C)[CH2]C)C(C)C. The summed E-state index contributed by atoms with van der Waals surface area (Å²) in [5.74, 6) is 0. The Morgan fingerprint density at radius 2 is 1.60 bits per heavy atom. The first-order valence-corrected chi connectivity index (χ1v) is 13.9. The number of hydrogen-bond donors (Lipinski definition) is 0. The summed E-state index contributed by atoms with van der Waals surface area (Å²) in [6.45, 7) is 14.3. The number of hydrogen-bond acceptors (Lipinski definition) is 1. The molecule has 0 aliphatic rings. The van der Waals surface area contributed by atoms with E-state index in [0.717, 1.165) is 6.04 Å². The van der Waals surface area contributed by atoms with Crippen LogP contribution in [0.5, 0.6) is 0 Å². The van der Waals surface area contributed by atoms with Crippen LogP contribution in [-0.4, -0.2) is 45.5 Å². The van der Waals surface area contributed by atoms with Crippen LogP contribution in [0, 0.1) is 0 Å². The molecule has 0 rings (SSSR count). The Kier molecular flexibility index (Phi) is 10.6. The summed E-state index contributed by atoms with van der Waals surface area (Å²) in [5, 5.41) is 0. The van der Waals surface area contributed by atoms with Crippen LogP contribution in [0.4, 0.5) is 0 Å². The van der Waals surface area contributed by atoms with Crippen LogP contribution in [-0.2, 0) is 0 Å². The minimum atomic E-state index is -0.962. The van der Waals surface area contributed by atoms with E-state index in [2.05, 4.69) is 39.5 Å². The van der Waals surface area contributed by atoms with Gasteiger partial charge in [0.25, 0.3) is 0 Å². The van der Waals surface area contributed by atoms with Crippen molar-refractivity contribution in [2.24, 2.45) is 0 Å². The third kappa shape index (κ3) is 7.68. The molecule has 0 heterocycles. The van der Waals surface area contributed by atoms with Gasteiger partial charge >= 0.3 is 105 Å². The second kappa shape index (κ2) is 10.0. The molecule has 0 aliphatic carbocycles. The Hall–Kier alpha value is 0.830. The second-order valence-electron chi connectivity index (χ2n) is 4.90. The Labute approximate surface area is 105 Å². The van der Waals surface area contributed by atoms with Crippen molar-refractivity contribution >= 4 is 21.4 Å². The van der Waals surface area contributed by atoms with Gasteiger partial charge in [0, 0.05) is 0 Å². The first-order valence-electron chi connectivity index (χ1n) is 6.89. The molecule has 1 nitrogen and oxygen atoms in total. The zero-order valence-electron chi connectivity index (χ0n) is 11.6. The molecule has 0 aliphatic heterocycles. The Bertz CT molecular complexity index is 132. The second-order valence-corrected chi connectivity index (χ2v) is 16.2. The molecule has 0 saturated heterocycles. The summed E-state index contributed by atoms with van der Waals surface area (Å²) in [5.41, 5.74) is 0. The topological polar surface area (TPSA) is 3.24 Å². The fourth-order valence-electron chi connectivity index (χ4n) is 2.23. The summed E-state index contributed by atoms with van der Waals surface area (Å²) in [7, 11) is 0. The molecular formula is C13H30InN. The zero-order chi connectivity index (χ0) is 11.7. The van der Waals surface area contributed by atoms with Crippen LogP contribution in [0.25, 0.3) is 0 Å². The van der Waals surface area contributed by atoms with Gasteiger partial charge in [0.2, 0.25) is 0 Å². The van der Waals surface area contributed by atoms with E-state index in [1.165, 1.54) is 25.9 Å². The summed E-state index contributed by atoms with van der Waals surface area (Å²) in [4.78, 5) is 2.59. The van der Waals surface area contributed by atoms with E-state index in [-0.39, 0.29) is 0 Å². The van der Waals surface area contributed by atoms with Gasteiger partial charge in [-0.2, -0.15) is 0 Å². The van der Waals surface area contributed by atoms with E-state index >= 15 is 0 Å². The summed E-state index contributed by atoms with van der Waals surface area (Å²) in [6.07, 6.45) is 2.94. The van der Waals surface area contributed by atoms with Gasteiger partial charge < -0.3 is 0 Å². The van der Waals surface area contributed by atoms with Crippen molar-refractivity contribution in [1.29, 1.82) is 0 Å². The maximum absolute atomic E-state index is 2.59. The first kappa shape index (κ1) is 15.8. The van der Waals surface area contributed by atoms with Crippen molar-refractivity contribution in [3.63, 3.8) is 0 Å². The average molecular weight is 315 g/mol. The number of unbranched alkanes of at least 4 members (excludes halogenated alkanes) is 1. The van der Waals surface area contributed by atoms with Gasteiger partial charge in [0.05, 0.1) is 0 Å². The molecule has 2 heteroatoms. The fraction of sp³-hybridized carbons (Fsp3) is 1.00. The Morgan fingerprint density at radius 3 is 2.00 bits per heavy atom. The number of nitrogens with zero attached hydrogens (tertiary/aromatic N) is 1. The van der Waals surface area contributed by atoms with Gasteiger partial charge in [0.1, 0.15) is 0 Å². The van der Waals surface area contributed by atoms with Gasteiger partial charge in [-0.05, 0) is 0 Å².